The molecule has 228 valence electrons. The number of rotatable bonds is 12. The van der Waals surface area contributed by atoms with Crippen LogP contribution in [0.5, 0.6) is 23.0 Å². The third kappa shape index (κ3) is 6.62. The Morgan fingerprint density at radius 1 is 1.07 bits per heavy atom. The Bertz CT molecular complexity index is 1760. The number of methoxy groups -OCH3 is 1. The monoisotopic (exact) mass is 674 g/mol. The molecule has 0 saturated carbocycles. The summed E-state index contributed by atoms with van der Waals surface area (Å²) in [6.45, 7) is 7.27. The summed E-state index contributed by atoms with van der Waals surface area (Å²) in [6, 6.07) is 7.76. The first-order chi connectivity index (χ1) is 20.6. The Hall–Kier alpha value is -4.10. The SMILES string of the molecule is CCOC(=O)C1=C(C)N=c2s/c(=C/c3cc(Br)c(OCC(=O)O)c(OCC)c3)c(=O)n2[C@@H]1c1cccc(OC)c1OCC. The molecule has 0 spiro atoms. The van der Waals surface area contributed by atoms with Gasteiger partial charge in [-0.1, -0.05) is 23.5 Å². The van der Waals surface area contributed by atoms with Crippen LogP contribution in [0.3, 0.4) is 0 Å². The van der Waals surface area contributed by atoms with Gasteiger partial charge in [0.1, 0.15) is 6.04 Å². The van der Waals surface area contributed by atoms with Crippen molar-refractivity contribution in [2.75, 3.05) is 33.5 Å². The van der Waals surface area contributed by atoms with Gasteiger partial charge >= 0.3 is 11.9 Å². The molecule has 1 aliphatic heterocycles. The van der Waals surface area contributed by atoms with Crippen molar-refractivity contribution in [2.24, 2.45) is 4.99 Å². The molecular weight excluding hydrogens is 644 g/mol. The lowest BCUT2D eigenvalue weighted by Gasteiger charge is -2.26. The summed E-state index contributed by atoms with van der Waals surface area (Å²) in [4.78, 5) is 43.5. The van der Waals surface area contributed by atoms with Crippen molar-refractivity contribution in [3.63, 3.8) is 0 Å². The van der Waals surface area contributed by atoms with Crippen molar-refractivity contribution in [2.45, 2.75) is 33.7 Å². The van der Waals surface area contributed by atoms with Crippen LogP contribution in [0.25, 0.3) is 6.08 Å². The smallest absolute Gasteiger partial charge is 0.341 e. The summed E-state index contributed by atoms with van der Waals surface area (Å²) in [5.41, 5.74) is 1.40. The molecule has 0 bridgehead atoms. The number of carbonyl (C=O) groups excluding carboxylic acids is 1. The highest BCUT2D eigenvalue weighted by molar-refractivity contribution is 9.10. The van der Waals surface area contributed by atoms with E-state index in [1.165, 1.54) is 11.7 Å². The quantitative estimate of drug-likeness (QED) is 0.284. The van der Waals surface area contributed by atoms with Gasteiger partial charge in [-0.05, 0) is 73.5 Å². The number of para-hydroxylation sites is 1. The molecule has 1 aromatic heterocycles. The summed E-state index contributed by atoms with van der Waals surface area (Å²) < 4.78 is 30.3. The lowest BCUT2D eigenvalue weighted by Crippen LogP contribution is -2.40. The average Bonchev–Trinajstić information content (AvgIpc) is 3.26. The molecule has 13 heteroatoms. The highest BCUT2D eigenvalue weighted by atomic mass is 79.9. The number of aromatic nitrogens is 1. The number of allylic oxidation sites excluding steroid dienone is 1. The fraction of sp³-hybridized carbons (Fsp3) is 0.333. The Morgan fingerprint density at radius 2 is 1.81 bits per heavy atom. The molecule has 0 unspecified atom stereocenters. The zero-order valence-corrected chi connectivity index (χ0v) is 26.7. The Balaban J connectivity index is 1.95. The third-order valence-electron chi connectivity index (χ3n) is 6.30. The lowest BCUT2D eigenvalue weighted by molar-refractivity contribution is -0.140. The molecule has 0 radical (unpaired) electrons. The second kappa shape index (κ2) is 13.9. The zero-order valence-electron chi connectivity index (χ0n) is 24.3. The van der Waals surface area contributed by atoms with Gasteiger partial charge in [0.2, 0.25) is 0 Å². The van der Waals surface area contributed by atoms with Crippen molar-refractivity contribution >= 4 is 45.3 Å². The Morgan fingerprint density at radius 3 is 2.47 bits per heavy atom. The van der Waals surface area contributed by atoms with E-state index in [1.54, 1.807) is 57.2 Å². The van der Waals surface area contributed by atoms with Crippen LogP contribution >= 0.6 is 27.3 Å². The molecule has 0 aliphatic carbocycles. The van der Waals surface area contributed by atoms with Gasteiger partial charge in [0.05, 0.1) is 47.2 Å². The minimum atomic E-state index is -1.13. The number of halogens is 1. The van der Waals surface area contributed by atoms with Gasteiger partial charge < -0.3 is 28.8 Å². The van der Waals surface area contributed by atoms with Gasteiger partial charge in [-0.3, -0.25) is 9.36 Å². The molecular formula is C30H31BrN2O9S. The lowest BCUT2D eigenvalue weighted by atomic mass is 9.94. The maximum atomic E-state index is 14.1. The summed E-state index contributed by atoms with van der Waals surface area (Å²) in [5, 5.41) is 9.05. The number of esters is 1. The highest BCUT2D eigenvalue weighted by Gasteiger charge is 2.36. The van der Waals surface area contributed by atoms with Crippen molar-refractivity contribution in [1.82, 2.24) is 4.57 Å². The average molecular weight is 676 g/mol. The molecule has 1 atom stereocenters. The zero-order chi connectivity index (χ0) is 31.3. The van der Waals surface area contributed by atoms with Crippen LogP contribution in [-0.4, -0.2) is 55.1 Å². The van der Waals surface area contributed by atoms with E-state index in [2.05, 4.69) is 20.9 Å². The number of fused-ring (bicyclic) bond motifs is 1. The first-order valence-electron chi connectivity index (χ1n) is 13.4. The second-order valence-corrected chi connectivity index (χ2v) is 10.9. The fourth-order valence-electron chi connectivity index (χ4n) is 4.65. The van der Waals surface area contributed by atoms with E-state index in [0.717, 1.165) is 11.3 Å². The van der Waals surface area contributed by atoms with Crippen LogP contribution < -0.4 is 33.8 Å². The largest absolute Gasteiger partial charge is 0.493 e. The normalized spacial score (nSPS) is 14.6. The van der Waals surface area contributed by atoms with Crippen LogP contribution in [0.4, 0.5) is 0 Å². The molecule has 4 rings (SSSR count). The number of aliphatic carboxylic acids is 1. The Labute approximate surface area is 259 Å². The van der Waals surface area contributed by atoms with Gasteiger partial charge in [-0.2, -0.15) is 0 Å². The summed E-state index contributed by atoms with van der Waals surface area (Å²) in [6.07, 6.45) is 1.67. The molecule has 0 fully saturated rings. The number of benzene rings is 2. The van der Waals surface area contributed by atoms with Crippen molar-refractivity contribution in [3.8, 4) is 23.0 Å². The number of nitrogens with zero attached hydrogens (tertiary/aromatic N) is 2. The Kier molecular flexibility index (Phi) is 10.3. The number of carbonyl (C=O) groups is 2. The van der Waals surface area contributed by atoms with E-state index >= 15 is 0 Å². The number of hydrogen-bond acceptors (Lipinski definition) is 10. The predicted octanol–water partition coefficient (Wildman–Crippen LogP) is 3.83. The maximum absolute atomic E-state index is 14.1. The first-order valence-corrected chi connectivity index (χ1v) is 15.1. The number of carboxylic acid groups (broad SMARTS) is 1. The van der Waals surface area contributed by atoms with E-state index in [9.17, 15) is 14.4 Å². The molecule has 0 saturated heterocycles. The van der Waals surface area contributed by atoms with Crippen LogP contribution in [-0.2, 0) is 14.3 Å². The minimum absolute atomic E-state index is 0.145. The molecule has 2 aromatic carbocycles. The van der Waals surface area contributed by atoms with E-state index in [0.29, 0.717) is 61.1 Å². The topological polar surface area (TPSA) is 135 Å². The molecule has 2 heterocycles. The number of thiazole rings is 1. The predicted molar refractivity (Wildman–Crippen MR) is 163 cm³/mol. The molecule has 0 amide bonds. The van der Waals surface area contributed by atoms with Crippen LogP contribution in [0.2, 0.25) is 0 Å². The molecule has 11 nitrogen and oxygen atoms in total. The van der Waals surface area contributed by atoms with Crippen LogP contribution in [0.15, 0.2) is 55.9 Å². The summed E-state index contributed by atoms with van der Waals surface area (Å²) in [7, 11) is 1.52. The van der Waals surface area contributed by atoms with Crippen molar-refractivity contribution in [3.05, 3.63) is 76.9 Å². The standard InChI is InChI=1S/C30H31BrN2O9S/c1-6-39-21-13-17(12-19(31)27(21)42-15-23(34)35)14-22-28(36)33-25(18-10-9-11-20(38-5)26(18)40-7-2)24(29(37)41-8-3)16(4)32-30(33)43-22/h9-14,25H,6-8,15H2,1-5H3,(H,34,35)/b22-14+/t25-/m1/s1. The van der Waals surface area contributed by atoms with Crippen molar-refractivity contribution in [1.29, 1.82) is 0 Å². The summed E-state index contributed by atoms with van der Waals surface area (Å²) >= 11 is 4.59. The van der Waals surface area contributed by atoms with Gasteiger partial charge in [0, 0.05) is 5.56 Å². The second-order valence-electron chi connectivity index (χ2n) is 9.06. The van der Waals surface area contributed by atoms with Gasteiger partial charge in [-0.25, -0.2) is 14.6 Å². The van der Waals surface area contributed by atoms with E-state index in [4.69, 9.17) is 28.8 Å². The van der Waals surface area contributed by atoms with Crippen molar-refractivity contribution < 1.29 is 38.4 Å². The summed E-state index contributed by atoms with van der Waals surface area (Å²) in [5.74, 6) is -0.304. The fourth-order valence-corrected chi connectivity index (χ4v) is 6.27. The molecule has 43 heavy (non-hydrogen) atoms. The number of ether oxygens (including phenoxy) is 5. The third-order valence-corrected chi connectivity index (χ3v) is 7.87. The van der Waals surface area contributed by atoms with E-state index in [-0.39, 0.29) is 23.5 Å². The van der Waals surface area contributed by atoms with Gasteiger partial charge in [-0.15, -0.1) is 0 Å². The number of carboxylic acids is 1. The highest BCUT2D eigenvalue weighted by Crippen LogP contribution is 2.41. The molecule has 1 aliphatic rings. The van der Waals surface area contributed by atoms with Gasteiger partial charge in [0.25, 0.3) is 5.56 Å². The maximum Gasteiger partial charge on any atom is 0.341 e. The van der Waals surface area contributed by atoms with Crippen LogP contribution in [0.1, 0.15) is 44.9 Å². The first kappa shape index (κ1) is 31.8. The van der Waals surface area contributed by atoms with E-state index < -0.39 is 24.6 Å². The van der Waals surface area contributed by atoms with E-state index in [1.807, 2.05) is 6.92 Å². The molecule has 3 aromatic rings. The van der Waals surface area contributed by atoms with Crippen LogP contribution in [0, 0.1) is 0 Å². The molecule has 1 N–H and O–H groups in total. The van der Waals surface area contributed by atoms with Gasteiger partial charge in [0.15, 0.2) is 34.4 Å². The minimum Gasteiger partial charge on any atom is -0.493 e. The number of hydrogen-bond donors (Lipinski definition) is 1.